The summed E-state index contributed by atoms with van der Waals surface area (Å²) in [5, 5.41) is 10.4. The fourth-order valence-corrected chi connectivity index (χ4v) is 6.95. The van der Waals surface area contributed by atoms with E-state index in [4.69, 9.17) is 0 Å². The van der Waals surface area contributed by atoms with Crippen LogP contribution < -0.4 is 4.90 Å². The number of benzene rings is 3. The number of anilines is 1. The Balaban J connectivity index is 0.871. The molecule has 0 radical (unpaired) electrons. The first-order chi connectivity index (χ1) is 22.0. The number of hydrogen-bond donors (Lipinski definition) is 1. The van der Waals surface area contributed by atoms with Crippen molar-refractivity contribution in [2.45, 2.75) is 51.5 Å². The fraction of sp³-hybridized carbons (Fsp3) is 0.421. The molecule has 6 nitrogen and oxygen atoms in total. The van der Waals surface area contributed by atoms with Crippen LogP contribution in [0.3, 0.4) is 0 Å². The van der Waals surface area contributed by atoms with Crippen molar-refractivity contribution in [3.8, 4) is 6.07 Å². The molecule has 2 aliphatic rings. The smallest absolute Gasteiger partial charge is 0.162 e. The van der Waals surface area contributed by atoms with E-state index < -0.39 is 0 Å². The lowest BCUT2D eigenvalue weighted by atomic mass is 9.90. The number of nitrogens with one attached hydrogen (secondary N) is 1. The zero-order valence-corrected chi connectivity index (χ0v) is 26.2. The zero-order valence-electron chi connectivity index (χ0n) is 26.2. The van der Waals surface area contributed by atoms with Crippen molar-refractivity contribution in [2.75, 3.05) is 50.7 Å². The van der Waals surface area contributed by atoms with Crippen LogP contribution in [0.15, 0.2) is 72.9 Å². The molecule has 45 heavy (non-hydrogen) atoms. The number of ketones is 1. The van der Waals surface area contributed by atoms with Crippen molar-refractivity contribution >= 4 is 22.4 Å². The molecular weight excluding hydrogens is 561 g/mol. The predicted octanol–water partition coefficient (Wildman–Crippen LogP) is 7.20. The summed E-state index contributed by atoms with van der Waals surface area (Å²) in [5.74, 6) is 0.660. The number of unbranched alkanes of at least 4 members (excludes halogenated alkanes) is 1. The minimum atomic E-state index is -0.186. The summed E-state index contributed by atoms with van der Waals surface area (Å²) in [6.07, 6.45) is 9.22. The van der Waals surface area contributed by atoms with Gasteiger partial charge in [-0.25, -0.2) is 4.39 Å². The quantitative estimate of drug-likeness (QED) is 0.137. The van der Waals surface area contributed by atoms with Crippen molar-refractivity contribution in [3.05, 3.63) is 101 Å². The maximum atomic E-state index is 13.2. The third kappa shape index (κ3) is 8.19. The normalized spacial score (nSPS) is 16.7. The number of nitriles is 1. The maximum absolute atomic E-state index is 13.2. The summed E-state index contributed by atoms with van der Waals surface area (Å²) >= 11 is 0. The first kappa shape index (κ1) is 31.0. The van der Waals surface area contributed by atoms with Gasteiger partial charge in [-0.15, -0.1) is 0 Å². The van der Waals surface area contributed by atoms with E-state index in [1.165, 1.54) is 28.8 Å². The minimum absolute atomic E-state index is 0.186. The molecule has 3 aromatic carbocycles. The minimum Gasteiger partial charge on any atom is -0.369 e. The summed E-state index contributed by atoms with van der Waals surface area (Å²) in [6, 6.07) is 23.2. The summed E-state index contributed by atoms with van der Waals surface area (Å²) in [4.78, 5) is 23.7. The van der Waals surface area contributed by atoms with Gasteiger partial charge in [-0.3, -0.25) is 14.6 Å². The molecule has 2 aliphatic heterocycles. The molecule has 1 N–H and O–H groups in total. The predicted molar refractivity (Wildman–Crippen MR) is 179 cm³/mol. The number of likely N-dealkylation sites (tertiary alicyclic amines) is 1. The van der Waals surface area contributed by atoms with Gasteiger partial charge in [0, 0.05) is 67.5 Å². The van der Waals surface area contributed by atoms with Gasteiger partial charge in [-0.05, 0) is 130 Å². The summed E-state index contributed by atoms with van der Waals surface area (Å²) in [7, 11) is 0. The number of rotatable bonds is 12. The lowest BCUT2D eigenvalue weighted by molar-refractivity contribution is 0.0961. The maximum Gasteiger partial charge on any atom is 0.162 e. The topological polar surface area (TPSA) is 66.4 Å². The van der Waals surface area contributed by atoms with Gasteiger partial charge in [-0.1, -0.05) is 12.1 Å². The average Bonchev–Trinajstić information content (AvgIpc) is 3.49. The second-order valence-electron chi connectivity index (χ2n) is 12.8. The molecule has 7 heteroatoms. The molecule has 234 valence electrons. The number of aryl methyl sites for hydroxylation is 1. The molecule has 0 amide bonds. The monoisotopic (exact) mass is 605 g/mol. The number of fused-ring (bicyclic) bond motifs is 1. The van der Waals surface area contributed by atoms with Crippen LogP contribution >= 0.6 is 0 Å². The van der Waals surface area contributed by atoms with Gasteiger partial charge < -0.3 is 9.88 Å². The van der Waals surface area contributed by atoms with E-state index in [-0.39, 0.29) is 11.6 Å². The van der Waals surface area contributed by atoms with Crippen LogP contribution in [0.1, 0.15) is 65.6 Å². The highest BCUT2D eigenvalue weighted by Gasteiger charge is 2.21. The standard InChI is InChI=1S/C38H44FN5O/c39-34-10-4-30(5-11-34)28-43-19-16-29(17-20-43)7-15-38(45)32-8-12-35(13-9-32)44-23-21-42(22-24-44)18-2-1-3-33-27-41-37-14-6-31(26-40)25-36(33)37/h4-6,8-14,25,27,29,41H,1-3,7,15-24,28H2. The van der Waals surface area contributed by atoms with E-state index >= 15 is 0 Å². The van der Waals surface area contributed by atoms with Crippen LogP contribution in [0.25, 0.3) is 10.9 Å². The van der Waals surface area contributed by atoms with E-state index in [9.17, 15) is 14.4 Å². The number of halogens is 1. The van der Waals surface area contributed by atoms with Gasteiger partial charge in [0.15, 0.2) is 5.78 Å². The number of piperazine rings is 1. The van der Waals surface area contributed by atoms with Gasteiger partial charge in [0.25, 0.3) is 0 Å². The molecule has 1 aromatic heterocycles. The van der Waals surface area contributed by atoms with Gasteiger partial charge in [0.1, 0.15) is 5.82 Å². The van der Waals surface area contributed by atoms with E-state index in [0.29, 0.717) is 17.9 Å². The lowest BCUT2D eigenvalue weighted by Gasteiger charge is -2.36. The van der Waals surface area contributed by atoms with Crippen LogP contribution in [-0.2, 0) is 13.0 Å². The Morgan fingerprint density at radius 2 is 1.64 bits per heavy atom. The molecule has 2 fully saturated rings. The number of H-pyrrole nitrogens is 1. The van der Waals surface area contributed by atoms with E-state index in [1.54, 1.807) is 0 Å². The number of nitrogens with zero attached hydrogens (tertiary/aromatic N) is 4. The highest BCUT2D eigenvalue weighted by atomic mass is 19.1. The number of carbonyl (C=O) groups is 1. The molecule has 0 spiro atoms. The molecular formula is C38H44FN5O. The third-order valence-electron chi connectivity index (χ3n) is 9.80. The average molecular weight is 606 g/mol. The zero-order chi connectivity index (χ0) is 31.0. The molecule has 0 atom stereocenters. The summed E-state index contributed by atoms with van der Waals surface area (Å²) in [6.45, 7) is 8.18. The van der Waals surface area contributed by atoms with Gasteiger partial charge >= 0.3 is 0 Å². The Morgan fingerprint density at radius 1 is 0.889 bits per heavy atom. The summed E-state index contributed by atoms with van der Waals surface area (Å²) < 4.78 is 13.2. The third-order valence-corrected chi connectivity index (χ3v) is 9.80. The van der Waals surface area contributed by atoms with Crippen molar-refractivity contribution in [2.24, 2.45) is 5.92 Å². The van der Waals surface area contributed by atoms with E-state index in [2.05, 4.69) is 44.1 Å². The number of piperidine rings is 1. The SMILES string of the molecule is N#Cc1ccc2[nH]cc(CCCCN3CCN(c4ccc(C(=O)CCC5CCN(Cc6ccc(F)cc6)CC5)cc4)CC3)c2c1. The molecule has 0 saturated carbocycles. The Morgan fingerprint density at radius 3 is 2.38 bits per heavy atom. The highest BCUT2D eigenvalue weighted by Crippen LogP contribution is 2.25. The first-order valence-corrected chi connectivity index (χ1v) is 16.6. The molecule has 0 bridgehead atoms. The van der Waals surface area contributed by atoms with Crippen LogP contribution in [0.4, 0.5) is 10.1 Å². The molecule has 0 aliphatic carbocycles. The van der Waals surface area contributed by atoms with Crippen LogP contribution in [-0.4, -0.2) is 66.4 Å². The largest absolute Gasteiger partial charge is 0.369 e. The van der Waals surface area contributed by atoms with E-state index in [0.717, 1.165) is 108 Å². The summed E-state index contributed by atoms with van der Waals surface area (Å²) in [5.41, 5.74) is 6.30. The molecule has 3 heterocycles. The van der Waals surface area contributed by atoms with Gasteiger partial charge in [0.2, 0.25) is 0 Å². The van der Waals surface area contributed by atoms with Crippen molar-refractivity contribution in [1.29, 1.82) is 5.26 Å². The van der Waals surface area contributed by atoms with Gasteiger partial charge in [-0.2, -0.15) is 5.26 Å². The molecule has 0 unspecified atom stereocenters. The number of aromatic nitrogens is 1. The number of hydrogen-bond acceptors (Lipinski definition) is 5. The second kappa shape index (κ2) is 14.9. The second-order valence-corrected chi connectivity index (χ2v) is 12.8. The van der Waals surface area contributed by atoms with E-state index in [1.807, 2.05) is 42.5 Å². The van der Waals surface area contributed by atoms with Crippen LogP contribution in [0.2, 0.25) is 0 Å². The van der Waals surface area contributed by atoms with Crippen molar-refractivity contribution in [1.82, 2.24) is 14.8 Å². The van der Waals surface area contributed by atoms with Gasteiger partial charge in [0.05, 0.1) is 11.6 Å². The Hall–Kier alpha value is -3.99. The number of carbonyl (C=O) groups excluding carboxylic acids is 1. The lowest BCUT2D eigenvalue weighted by Crippen LogP contribution is -2.46. The number of Topliss-reactive ketones (excluding diaryl/α,β-unsaturated/α-hetero) is 1. The fourth-order valence-electron chi connectivity index (χ4n) is 6.95. The Labute approximate surface area is 266 Å². The van der Waals surface area contributed by atoms with Crippen molar-refractivity contribution < 1.29 is 9.18 Å². The number of aromatic amines is 1. The first-order valence-electron chi connectivity index (χ1n) is 16.6. The van der Waals surface area contributed by atoms with Crippen LogP contribution in [0, 0.1) is 23.1 Å². The molecule has 4 aromatic rings. The van der Waals surface area contributed by atoms with Crippen LogP contribution in [0.5, 0.6) is 0 Å². The Bertz CT molecular complexity index is 1590. The Kier molecular flexibility index (Phi) is 10.2. The molecule has 2 saturated heterocycles. The molecule has 6 rings (SSSR count). The van der Waals surface area contributed by atoms with Crippen molar-refractivity contribution in [3.63, 3.8) is 0 Å². The highest BCUT2D eigenvalue weighted by molar-refractivity contribution is 5.96.